The number of nitrogen functional groups attached to an aromatic ring is 1. The number of anilines is 2. The number of aromatic nitrogens is 2. The molecule has 2 heterocycles. The van der Waals surface area contributed by atoms with Gasteiger partial charge in [0.05, 0.1) is 36.8 Å². The summed E-state index contributed by atoms with van der Waals surface area (Å²) in [6.07, 6.45) is 1.40. The molecule has 0 amide bonds. The molecule has 0 aliphatic carbocycles. The number of hydrogen-bond donors (Lipinski definition) is 2. The van der Waals surface area contributed by atoms with E-state index in [1.54, 1.807) is 0 Å². The van der Waals surface area contributed by atoms with Crippen LogP contribution in [0.25, 0.3) is 0 Å². The standard InChI is InChI=1S/C13H16N4O3/c1-7-8(2)20-12(17-7)6-16-11-4-9(13(18)19-3)10(14)5-15-11/h4-5H,6,14H2,1-3H3,(H,15,16). The van der Waals surface area contributed by atoms with E-state index in [-0.39, 0.29) is 11.3 Å². The second kappa shape index (κ2) is 5.60. The zero-order chi connectivity index (χ0) is 14.7. The van der Waals surface area contributed by atoms with Crippen molar-refractivity contribution in [3.8, 4) is 0 Å². The normalized spacial score (nSPS) is 10.3. The summed E-state index contributed by atoms with van der Waals surface area (Å²) in [4.78, 5) is 19.8. The number of carbonyl (C=O) groups excluding carboxylic acids is 1. The molecule has 7 heteroatoms. The van der Waals surface area contributed by atoms with Gasteiger partial charge in [-0.25, -0.2) is 14.8 Å². The van der Waals surface area contributed by atoms with Crippen LogP contribution < -0.4 is 11.1 Å². The van der Waals surface area contributed by atoms with Crippen molar-refractivity contribution in [3.63, 3.8) is 0 Å². The lowest BCUT2D eigenvalue weighted by Crippen LogP contribution is -2.09. The quantitative estimate of drug-likeness (QED) is 0.818. The fourth-order valence-corrected chi connectivity index (χ4v) is 1.63. The zero-order valence-corrected chi connectivity index (χ0v) is 11.6. The molecule has 0 aliphatic heterocycles. The molecule has 20 heavy (non-hydrogen) atoms. The maximum atomic E-state index is 11.5. The van der Waals surface area contributed by atoms with Crippen LogP contribution in [-0.4, -0.2) is 23.0 Å². The third kappa shape index (κ3) is 2.87. The van der Waals surface area contributed by atoms with E-state index >= 15 is 0 Å². The Morgan fingerprint density at radius 3 is 2.85 bits per heavy atom. The van der Waals surface area contributed by atoms with Crippen LogP contribution >= 0.6 is 0 Å². The van der Waals surface area contributed by atoms with Gasteiger partial charge in [-0.15, -0.1) is 0 Å². The summed E-state index contributed by atoms with van der Waals surface area (Å²) < 4.78 is 10.1. The van der Waals surface area contributed by atoms with Gasteiger partial charge in [-0.2, -0.15) is 0 Å². The molecule has 7 nitrogen and oxygen atoms in total. The van der Waals surface area contributed by atoms with Gasteiger partial charge >= 0.3 is 5.97 Å². The van der Waals surface area contributed by atoms with E-state index in [4.69, 9.17) is 10.2 Å². The van der Waals surface area contributed by atoms with Crippen LogP contribution in [-0.2, 0) is 11.3 Å². The number of rotatable bonds is 4. The third-order valence-electron chi connectivity index (χ3n) is 2.83. The summed E-state index contributed by atoms with van der Waals surface area (Å²) in [7, 11) is 1.30. The highest BCUT2D eigenvalue weighted by Gasteiger charge is 2.12. The maximum absolute atomic E-state index is 11.5. The van der Waals surface area contributed by atoms with Crippen LogP contribution in [0.5, 0.6) is 0 Å². The monoisotopic (exact) mass is 276 g/mol. The average Bonchev–Trinajstić information content (AvgIpc) is 2.76. The Morgan fingerprint density at radius 2 is 2.25 bits per heavy atom. The SMILES string of the molecule is COC(=O)c1cc(NCc2nc(C)c(C)o2)ncc1N. The number of aryl methyl sites for hydroxylation is 2. The Bertz CT molecular complexity index is 617. The topological polar surface area (TPSA) is 103 Å². The fraction of sp³-hybridized carbons (Fsp3) is 0.308. The largest absolute Gasteiger partial charge is 0.465 e. The van der Waals surface area contributed by atoms with Crippen molar-refractivity contribution in [2.75, 3.05) is 18.2 Å². The molecule has 0 unspecified atom stereocenters. The molecule has 0 radical (unpaired) electrons. The van der Waals surface area contributed by atoms with Gasteiger partial charge in [0.1, 0.15) is 11.6 Å². The summed E-state index contributed by atoms with van der Waals surface area (Å²) in [6, 6.07) is 1.53. The number of pyridine rings is 1. The molecule has 0 fully saturated rings. The van der Waals surface area contributed by atoms with Gasteiger partial charge in [-0.05, 0) is 19.9 Å². The average molecular weight is 276 g/mol. The summed E-state index contributed by atoms with van der Waals surface area (Å²) in [5.74, 6) is 1.32. The van der Waals surface area contributed by atoms with Crippen LogP contribution in [0.15, 0.2) is 16.7 Å². The van der Waals surface area contributed by atoms with Gasteiger partial charge in [0.15, 0.2) is 0 Å². The van der Waals surface area contributed by atoms with Crippen LogP contribution in [0.1, 0.15) is 27.7 Å². The number of oxazole rings is 1. The molecule has 0 saturated carbocycles. The Kier molecular flexibility index (Phi) is 3.88. The van der Waals surface area contributed by atoms with Crippen LogP contribution in [0, 0.1) is 13.8 Å². The summed E-state index contributed by atoms with van der Waals surface area (Å²) >= 11 is 0. The fourth-order valence-electron chi connectivity index (χ4n) is 1.63. The lowest BCUT2D eigenvalue weighted by atomic mass is 10.2. The molecule has 106 valence electrons. The summed E-state index contributed by atoms with van der Waals surface area (Å²) in [5.41, 5.74) is 7.06. The first-order chi connectivity index (χ1) is 9.51. The van der Waals surface area contributed by atoms with Crippen molar-refractivity contribution in [2.45, 2.75) is 20.4 Å². The minimum Gasteiger partial charge on any atom is -0.465 e. The molecule has 0 bridgehead atoms. The van der Waals surface area contributed by atoms with Crippen molar-refractivity contribution in [1.29, 1.82) is 0 Å². The first kappa shape index (κ1) is 13.9. The lowest BCUT2D eigenvalue weighted by molar-refractivity contribution is 0.0602. The number of methoxy groups -OCH3 is 1. The van der Waals surface area contributed by atoms with Crippen molar-refractivity contribution in [2.24, 2.45) is 0 Å². The number of hydrogen-bond acceptors (Lipinski definition) is 7. The minimum absolute atomic E-state index is 0.268. The molecular formula is C13H16N4O3. The number of esters is 1. The van der Waals surface area contributed by atoms with E-state index < -0.39 is 5.97 Å². The molecule has 0 aromatic carbocycles. The highest BCUT2D eigenvalue weighted by Crippen LogP contribution is 2.17. The van der Waals surface area contributed by atoms with Crippen LogP contribution in [0.3, 0.4) is 0 Å². The van der Waals surface area contributed by atoms with E-state index in [0.717, 1.165) is 11.5 Å². The number of ether oxygens (including phenoxy) is 1. The first-order valence-electron chi connectivity index (χ1n) is 6.02. The second-order valence-corrected chi connectivity index (χ2v) is 4.25. The molecule has 2 aromatic rings. The Balaban J connectivity index is 2.12. The Morgan fingerprint density at radius 1 is 1.50 bits per heavy atom. The summed E-state index contributed by atoms with van der Waals surface area (Å²) in [6.45, 7) is 4.09. The predicted octanol–water partition coefficient (Wildman–Crippen LogP) is 1.67. The molecule has 0 aliphatic rings. The lowest BCUT2D eigenvalue weighted by Gasteiger charge is -2.07. The van der Waals surface area contributed by atoms with E-state index in [0.29, 0.717) is 18.3 Å². The molecule has 0 saturated heterocycles. The van der Waals surface area contributed by atoms with Gasteiger partial charge in [-0.3, -0.25) is 0 Å². The summed E-state index contributed by atoms with van der Waals surface area (Å²) in [5, 5.41) is 3.02. The van der Waals surface area contributed by atoms with Crippen molar-refractivity contribution < 1.29 is 13.9 Å². The van der Waals surface area contributed by atoms with Crippen LogP contribution in [0.4, 0.5) is 11.5 Å². The molecule has 3 N–H and O–H groups in total. The van der Waals surface area contributed by atoms with Crippen molar-refractivity contribution >= 4 is 17.5 Å². The first-order valence-corrected chi connectivity index (χ1v) is 6.02. The third-order valence-corrected chi connectivity index (χ3v) is 2.83. The predicted molar refractivity (Wildman–Crippen MR) is 73.3 cm³/mol. The minimum atomic E-state index is -0.504. The molecule has 2 rings (SSSR count). The van der Waals surface area contributed by atoms with Crippen molar-refractivity contribution in [3.05, 3.63) is 35.2 Å². The molecule has 2 aromatic heterocycles. The van der Waals surface area contributed by atoms with E-state index in [1.807, 2.05) is 13.8 Å². The van der Waals surface area contributed by atoms with E-state index in [9.17, 15) is 4.79 Å². The Labute approximate surface area is 116 Å². The molecular weight excluding hydrogens is 260 g/mol. The highest BCUT2D eigenvalue weighted by molar-refractivity contribution is 5.95. The maximum Gasteiger partial charge on any atom is 0.340 e. The van der Waals surface area contributed by atoms with Crippen molar-refractivity contribution in [1.82, 2.24) is 9.97 Å². The second-order valence-electron chi connectivity index (χ2n) is 4.25. The van der Waals surface area contributed by atoms with Gasteiger partial charge < -0.3 is 20.2 Å². The number of nitrogens with zero attached hydrogens (tertiary/aromatic N) is 2. The zero-order valence-electron chi connectivity index (χ0n) is 11.6. The Hall–Kier alpha value is -2.57. The smallest absolute Gasteiger partial charge is 0.340 e. The number of carbonyl (C=O) groups is 1. The molecule has 0 atom stereocenters. The molecule has 0 spiro atoms. The highest BCUT2D eigenvalue weighted by atomic mass is 16.5. The number of nitrogens with one attached hydrogen (secondary N) is 1. The number of nitrogens with two attached hydrogens (primary N) is 1. The van der Waals surface area contributed by atoms with Gasteiger partial charge in [0, 0.05) is 0 Å². The van der Waals surface area contributed by atoms with Gasteiger partial charge in [0.2, 0.25) is 5.89 Å². The van der Waals surface area contributed by atoms with Gasteiger partial charge in [-0.1, -0.05) is 0 Å². The van der Waals surface area contributed by atoms with Gasteiger partial charge in [0.25, 0.3) is 0 Å². The van der Waals surface area contributed by atoms with Crippen LogP contribution in [0.2, 0.25) is 0 Å². The van der Waals surface area contributed by atoms with E-state index in [1.165, 1.54) is 19.4 Å². The van der Waals surface area contributed by atoms with E-state index in [2.05, 4.69) is 20.0 Å².